The van der Waals surface area contributed by atoms with Crippen LogP contribution in [0.4, 0.5) is 0 Å². The maximum Gasteiger partial charge on any atom is 0.242 e. The Morgan fingerprint density at radius 3 is 2.75 bits per heavy atom. The van der Waals surface area contributed by atoms with Crippen LogP contribution in [0.5, 0.6) is 5.75 Å². The van der Waals surface area contributed by atoms with Gasteiger partial charge < -0.3 is 14.2 Å². The number of likely N-dealkylation sites (tertiary alicyclic amines) is 1. The van der Waals surface area contributed by atoms with Crippen LogP contribution in [-0.4, -0.2) is 44.5 Å². The van der Waals surface area contributed by atoms with Crippen molar-refractivity contribution in [1.29, 1.82) is 0 Å². The number of imidazole rings is 1. The Kier molecular flexibility index (Phi) is 4.52. The third-order valence-electron chi connectivity index (χ3n) is 5.39. The highest BCUT2D eigenvalue weighted by Crippen LogP contribution is 2.34. The standard InChI is InChI=1S/C22H24N4O2/c27-21(25-9-1-2-10-25)14-26-15-23-13-19(26)22-20(28-18-7-8-18)11-17(12-24-22)6-5-16-3-4-16/h11-13,15-16,18H,1-4,7-10,14H2. The second-order valence-corrected chi connectivity index (χ2v) is 7.93. The molecule has 0 spiro atoms. The van der Waals surface area contributed by atoms with E-state index in [2.05, 4.69) is 21.8 Å². The molecule has 1 saturated heterocycles. The molecule has 6 heteroatoms. The smallest absolute Gasteiger partial charge is 0.242 e. The lowest BCUT2D eigenvalue weighted by atomic mass is 10.2. The van der Waals surface area contributed by atoms with Gasteiger partial charge in [0.05, 0.1) is 24.3 Å². The summed E-state index contributed by atoms with van der Waals surface area (Å²) in [4.78, 5) is 23.4. The topological polar surface area (TPSA) is 60.3 Å². The maximum atomic E-state index is 12.6. The predicted octanol–water partition coefficient (Wildman–Crippen LogP) is 2.87. The molecule has 5 rings (SSSR count). The van der Waals surface area contributed by atoms with E-state index in [1.54, 1.807) is 18.7 Å². The average Bonchev–Trinajstić information content (AvgIpc) is 3.59. The Bertz CT molecular complexity index is 941. The van der Waals surface area contributed by atoms with Gasteiger partial charge in [-0.3, -0.25) is 4.79 Å². The van der Waals surface area contributed by atoms with E-state index >= 15 is 0 Å². The van der Waals surface area contributed by atoms with Crippen LogP contribution in [0.3, 0.4) is 0 Å². The summed E-state index contributed by atoms with van der Waals surface area (Å²) in [6, 6.07) is 1.98. The molecule has 3 fully saturated rings. The van der Waals surface area contributed by atoms with Gasteiger partial charge in [-0.05, 0) is 44.6 Å². The summed E-state index contributed by atoms with van der Waals surface area (Å²) in [5.41, 5.74) is 2.42. The van der Waals surface area contributed by atoms with Gasteiger partial charge in [0, 0.05) is 30.8 Å². The molecule has 3 aliphatic rings. The van der Waals surface area contributed by atoms with Crippen LogP contribution < -0.4 is 4.74 Å². The molecular weight excluding hydrogens is 352 g/mol. The first kappa shape index (κ1) is 17.3. The molecule has 3 heterocycles. The first-order chi connectivity index (χ1) is 13.8. The number of hydrogen-bond donors (Lipinski definition) is 0. The quantitative estimate of drug-likeness (QED) is 0.753. The molecule has 0 unspecified atom stereocenters. The van der Waals surface area contributed by atoms with Crippen LogP contribution in [-0.2, 0) is 11.3 Å². The van der Waals surface area contributed by atoms with Crippen LogP contribution in [0.25, 0.3) is 11.4 Å². The van der Waals surface area contributed by atoms with E-state index in [-0.39, 0.29) is 18.6 Å². The van der Waals surface area contributed by atoms with Gasteiger partial charge in [0.1, 0.15) is 18.0 Å². The predicted molar refractivity (Wildman–Crippen MR) is 105 cm³/mol. The van der Waals surface area contributed by atoms with E-state index in [0.29, 0.717) is 5.92 Å². The molecule has 1 aliphatic heterocycles. The second kappa shape index (κ2) is 7.31. The number of nitrogens with zero attached hydrogens (tertiary/aromatic N) is 4. The summed E-state index contributed by atoms with van der Waals surface area (Å²) >= 11 is 0. The molecular formula is C22H24N4O2. The van der Waals surface area contributed by atoms with Gasteiger partial charge in [-0.2, -0.15) is 0 Å². The summed E-state index contributed by atoms with van der Waals surface area (Å²) in [5.74, 6) is 7.92. The number of pyridine rings is 1. The van der Waals surface area contributed by atoms with E-state index < -0.39 is 0 Å². The third-order valence-corrected chi connectivity index (χ3v) is 5.39. The number of rotatable bonds is 5. The lowest BCUT2D eigenvalue weighted by Gasteiger charge is -2.17. The van der Waals surface area contributed by atoms with Crippen molar-refractivity contribution >= 4 is 5.91 Å². The Morgan fingerprint density at radius 2 is 2.00 bits per heavy atom. The highest BCUT2D eigenvalue weighted by atomic mass is 16.5. The van der Waals surface area contributed by atoms with Gasteiger partial charge in [0.15, 0.2) is 0 Å². The zero-order valence-corrected chi connectivity index (χ0v) is 15.9. The molecule has 144 valence electrons. The van der Waals surface area contributed by atoms with Gasteiger partial charge in [0.25, 0.3) is 0 Å². The average molecular weight is 376 g/mol. The summed E-state index contributed by atoms with van der Waals surface area (Å²) in [6.07, 6.45) is 12.2. The first-order valence-corrected chi connectivity index (χ1v) is 10.2. The molecule has 0 bridgehead atoms. The van der Waals surface area contributed by atoms with E-state index in [4.69, 9.17) is 4.74 Å². The molecule has 2 aliphatic carbocycles. The van der Waals surface area contributed by atoms with Crippen molar-refractivity contribution in [2.24, 2.45) is 5.92 Å². The van der Waals surface area contributed by atoms with Crippen molar-refractivity contribution in [3.8, 4) is 29.0 Å². The Hall–Kier alpha value is -2.81. The fourth-order valence-electron chi connectivity index (χ4n) is 3.43. The summed E-state index contributed by atoms with van der Waals surface area (Å²) in [5, 5.41) is 0. The molecule has 6 nitrogen and oxygen atoms in total. The van der Waals surface area contributed by atoms with Crippen molar-refractivity contribution in [2.45, 2.75) is 51.2 Å². The van der Waals surface area contributed by atoms with Crippen LogP contribution in [0, 0.1) is 17.8 Å². The van der Waals surface area contributed by atoms with Crippen molar-refractivity contribution in [1.82, 2.24) is 19.4 Å². The highest BCUT2D eigenvalue weighted by Gasteiger charge is 2.27. The largest absolute Gasteiger partial charge is 0.488 e. The molecule has 28 heavy (non-hydrogen) atoms. The van der Waals surface area contributed by atoms with Gasteiger partial charge in [-0.1, -0.05) is 11.8 Å². The third kappa shape index (κ3) is 3.89. The number of hydrogen-bond acceptors (Lipinski definition) is 4. The van der Waals surface area contributed by atoms with E-state index in [1.165, 1.54) is 12.8 Å². The Morgan fingerprint density at radius 1 is 1.18 bits per heavy atom. The molecule has 0 aromatic carbocycles. The van der Waals surface area contributed by atoms with Crippen molar-refractivity contribution in [3.05, 3.63) is 30.4 Å². The first-order valence-electron chi connectivity index (χ1n) is 10.2. The number of amides is 1. The zero-order chi connectivity index (χ0) is 18.9. The van der Waals surface area contributed by atoms with Crippen LogP contribution >= 0.6 is 0 Å². The Balaban J connectivity index is 1.42. The molecule has 2 aromatic rings. The molecule has 0 atom stereocenters. The van der Waals surface area contributed by atoms with Crippen LogP contribution in [0.1, 0.15) is 44.1 Å². The normalized spacial score (nSPS) is 18.6. The molecule has 0 N–H and O–H groups in total. The highest BCUT2D eigenvalue weighted by molar-refractivity contribution is 5.77. The molecule has 2 saturated carbocycles. The minimum absolute atomic E-state index is 0.133. The second-order valence-electron chi connectivity index (χ2n) is 7.93. The van der Waals surface area contributed by atoms with Crippen molar-refractivity contribution in [3.63, 3.8) is 0 Å². The lowest BCUT2D eigenvalue weighted by molar-refractivity contribution is -0.130. The number of ether oxygens (including phenoxy) is 1. The van der Waals surface area contributed by atoms with Gasteiger partial charge in [-0.25, -0.2) is 9.97 Å². The minimum Gasteiger partial charge on any atom is -0.488 e. The summed E-state index contributed by atoms with van der Waals surface area (Å²) < 4.78 is 8.01. The van der Waals surface area contributed by atoms with E-state index in [0.717, 1.165) is 61.5 Å². The van der Waals surface area contributed by atoms with Gasteiger partial charge in [0.2, 0.25) is 5.91 Å². The van der Waals surface area contributed by atoms with E-state index in [9.17, 15) is 4.79 Å². The van der Waals surface area contributed by atoms with Crippen molar-refractivity contribution in [2.75, 3.05) is 13.1 Å². The van der Waals surface area contributed by atoms with E-state index in [1.807, 2.05) is 15.5 Å². The number of aromatic nitrogens is 3. The number of carbonyl (C=O) groups excluding carboxylic acids is 1. The fraction of sp³-hybridized carbons (Fsp3) is 0.500. The zero-order valence-electron chi connectivity index (χ0n) is 15.9. The monoisotopic (exact) mass is 376 g/mol. The lowest BCUT2D eigenvalue weighted by Crippen LogP contribution is -2.31. The number of carbonyl (C=O) groups is 1. The SMILES string of the molecule is O=C(Cn1cncc1-c1ncc(C#CC2CC2)cc1OC1CC1)N1CCCC1. The van der Waals surface area contributed by atoms with Crippen LogP contribution in [0.15, 0.2) is 24.8 Å². The minimum atomic E-state index is 0.133. The Labute approximate surface area is 164 Å². The van der Waals surface area contributed by atoms with Crippen LogP contribution in [0.2, 0.25) is 0 Å². The van der Waals surface area contributed by atoms with Gasteiger partial charge >= 0.3 is 0 Å². The fourth-order valence-corrected chi connectivity index (χ4v) is 3.43. The van der Waals surface area contributed by atoms with Gasteiger partial charge in [-0.15, -0.1) is 0 Å². The summed E-state index contributed by atoms with van der Waals surface area (Å²) in [7, 11) is 0. The summed E-state index contributed by atoms with van der Waals surface area (Å²) in [6.45, 7) is 1.99. The molecule has 0 radical (unpaired) electrons. The maximum absolute atomic E-state index is 12.6. The molecule has 1 amide bonds. The van der Waals surface area contributed by atoms with Crippen molar-refractivity contribution < 1.29 is 9.53 Å². The molecule has 2 aromatic heterocycles.